The molecule has 0 aromatic heterocycles. The summed E-state index contributed by atoms with van der Waals surface area (Å²) in [5.74, 6) is -3.67. The molecule has 1 atom stereocenters. The number of carbonyl (C=O) groups excluding carboxylic acids is 1. The van der Waals surface area contributed by atoms with Gasteiger partial charge in [0.2, 0.25) is 5.91 Å². The number of primary amides is 1. The summed E-state index contributed by atoms with van der Waals surface area (Å²) in [7, 11) is 0. The molecule has 0 saturated heterocycles. The van der Waals surface area contributed by atoms with Gasteiger partial charge in [-0.2, -0.15) is 0 Å². The molecule has 1 aromatic rings. The van der Waals surface area contributed by atoms with Crippen molar-refractivity contribution in [1.82, 2.24) is 0 Å². The van der Waals surface area contributed by atoms with E-state index in [1.807, 2.05) is 0 Å². The van der Waals surface area contributed by atoms with Crippen LogP contribution >= 0.6 is 23.2 Å². The van der Waals surface area contributed by atoms with Crippen LogP contribution in [0.3, 0.4) is 0 Å². The zero-order valence-electron chi connectivity index (χ0n) is 7.41. The first-order chi connectivity index (χ1) is 6.93. The van der Waals surface area contributed by atoms with E-state index in [1.54, 1.807) is 0 Å². The van der Waals surface area contributed by atoms with Gasteiger partial charge in [-0.05, 0) is 17.7 Å². The highest BCUT2D eigenvalue weighted by Crippen LogP contribution is 2.26. The Balaban J connectivity index is 3.18. The van der Waals surface area contributed by atoms with Crippen molar-refractivity contribution in [3.8, 4) is 0 Å². The van der Waals surface area contributed by atoms with Crippen LogP contribution in [0.4, 0.5) is 0 Å². The van der Waals surface area contributed by atoms with Crippen molar-refractivity contribution in [2.24, 2.45) is 5.73 Å². The fraction of sp³-hybridized carbons (Fsp3) is 0.111. The molecule has 1 rings (SSSR count). The Morgan fingerprint density at radius 2 is 1.87 bits per heavy atom. The zero-order chi connectivity index (χ0) is 11.6. The summed E-state index contributed by atoms with van der Waals surface area (Å²) >= 11 is 11.3. The number of carboxylic acid groups (broad SMARTS) is 1. The minimum atomic E-state index is -1.40. The normalized spacial score (nSPS) is 12.1. The van der Waals surface area contributed by atoms with E-state index in [-0.39, 0.29) is 15.6 Å². The Kier molecular flexibility index (Phi) is 3.55. The first-order valence-electron chi connectivity index (χ1n) is 3.90. The van der Waals surface area contributed by atoms with Crippen LogP contribution in [0.2, 0.25) is 10.0 Å². The molecule has 1 aromatic carbocycles. The van der Waals surface area contributed by atoms with Crippen molar-refractivity contribution >= 4 is 35.1 Å². The molecule has 0 aliphatic carbocycles. The van der Waals surface area contributed by atoms with Crippen LogP contribution in [0.5, 0.6) is 0 Å². The van der Waals surface area contributed by atoms with Crippen molar-refractivity contribution in [3.05, 3.63) is 33.8 Å². The predicted octanol–water partition coefficient (Wildman–Crippen LogP) is 1.65. The van der Waals surface area contributed by atoms with Gasteiger partial charge in [-0.25, -0.2) is 0 Å². The lowest BCUT2D eigenvalue weighted by molar-refractivity contribution is -0.142. The SMILES string of the molecule is NC(=O)C(C(=O)O)c1ccc(Cl)c(Cl)c1. The Hall–Kier alpha value is -1.26. The van der Waals surface area contributed by atoms with E-state index in [0.29, 0.717) is 0 Å². The average molecular weight is 248 g/mol. The van der Waals surface area contributed by atoms with Gasteiger partial charge in [-0.1, -0.05) is 29.3 Å². The van der Waals surface area contributed by atoms with Gasteiger partial charge >= 0.3 is 5.97 Å². The monoisotopic (exact) mass is 247 g/mol. The molecule has 0 saturated carbocycles. The lowest BCUT2D eigenvalue weighted by Crippen LogP contribution is -2.28. The third kappa shape index (κ3) is 2.61. The van der Waals surface area contributed by atoms with Gasteiger partial charge in [-0.3, -0.25) is 9.59 Å². The molecular formula is C9H7Cl2NO3. The van der Waals surface area contributed by atoms with Crippen LogP contribution in [0.25, 0.3) is 0 Å². The molecular weight excluding hydrogens is 241 g/mol. The van der Waals surface area contributed by atoms with Gasteiger partial charge in [0, 0.05) is 0 Å². The number of halogens is 2. The summed E-state index contributed by atoms with van der Waals surface area (Å²) in [4.78, 5) is 21.7. The molecule has 4 nitrogen and oxygen atoms in total. The first kappa shape index (κ1) is 11.8. The molecule has 0 fully saturated rings. The summed E-state index contributed by atoms with van der Waals surface area (Å²) < 4.78 is 0. The minimum absolute atomic E-state index is 0.182. The van der Waals surface area contributed by atoms with Crippen molar-refractivity contribution < 1.29 is 14.7 Å². The lowest BCUT2D eigenvalue weighted by atomic mass is 9.99. The third-order valence-electron chi connectivity index (χ3n) is 1.81. The van der Waals surface area contributed by atoms with Gasteiger partial charge in [-0.15, -0.1) is 0 Å². The molecule has 0 spiro atoms. The molecule has 0 aliphatic rings. The number of carbonyl (C=O) groups is 2. The van der Waals surface area contributed by atoms with Crippen molar-refractivity contribution in [1.29, 1.82) is 0 Å². The third-order valence-corrected chi connectivity index (χ3v) is 2.55. The number of carboxylic acids is 1. The predicted molar refractivity (Wildman–Crippen MR) is 56.0 cm³/mol. The van der Waals surface area contributed by atoms with E-state index >= 15 is 0 Å². The molecule has 3 N–H and O–H groups in total. The molecule has 15 heavy (non-hydrogen) atoms. The van der Waals surface area contributed by atoms with Crippen molar-refractivity contribution in [3.63, 3.8) is 0 Å². The Bertz CT molecular complexity index is 406. The quantitative estimate of drug-likeness (QED) is 0.798. The van der Waals surface area contributed by atoms with Gasteiger partial charge in [0.1, 0.15) is 0 Å². The Morgan fingerprint density at radius 1 is 1.27 bits per heavy atom. The van der Waals surface area contributed by atoms with E-state index in [9.17, 15) is 9.59 Å². The minimum Gasteiger partial charge on any atom is -0.480 e. The van der Waals surface area contributed by atoms with Crippen LogP contribution in [0.15, 0.2) is 18.2 Å². The molecule has 80 valence electrons. The second kappa shape index (κ2) is 4.51. The number of rotatable bonds is 3. The first-order valence-corrected chi connectivity index (χ1v) is 4.66. The van der Waals surface area contributed by atoms with E-state index in [1.165, 1.54) is 18.2 Å². The van der Waals surface area contributed by atoms with Crippen LogP contribution in [0.1, 0.15) is 11.5 Å². The van der Waals surface area contributed by atoms with Gasteiger partial charge in [0.05, 0.1) is 10.0 Å². The molecule has 1 amide bonds. The number of aliphatic carboxylic acids is 1. The van der Waals surface area contributed by atoms with Crippen LogP contribution in [0, 0.1) is 0 Å². The van der Waals surface area contributed by atoms with Crippen molar-refractivity contribution in [2.45, 2.75) is 5.92 Å². The summed E-state index contributed by atoms with van der Waals surface area (Å²) in [6.07, 6.45) is 0. The zero-order valence-corrected chi connectivity index (χ0v) is 8.92. The van der Waals surface area contributed by atoms with Gasteiger partial charge in [0.25, 0.3) is 0 Å². The second-order valence-electron chi connectivity index (χ2n) is 2.85. The van der Waals surface area contributed by atoms with E-state index in [4.69, 9.17) is 34.0 Å². The van der Waals surface area contributed by atoms with Crippen LogP contribution in [-0.2, 0) is 9.59 Å². The highest BCUT2D eigenvalue weighted by Gasteiger charge is 2.26. The van der Waals surface area contributed by atoms with Crippen LogP contribution in [-0.4, -0.2) is 17.0 Å². The number of hydrogen-bond donors (Lipinski definition) is 2. The standard InChI is InChI=1S/C9H7Cl2NO3/c10-5-2-1-4(3-6(5)11)7(8(12)13)9(14)15/h1-3,7H,(H2,12,13)(H,14,15). The highest BCUT2D eigenvalue weighted by molar-refractivity contribution is 6.42. The van der Waals surface area contributed by atoms with E-state index < -0.39 is 17.8 Å². The molecule has 1 unspecified atom stereocenters. The number of hydrogen-bond acceptors (Lipinski definition) is 2. The topological polar surface area (TPSA) is 80.4 Å². The maximum Gasteiger partial charge on any atom is 0.320 e. The Labute approximate surface area is 95.6 Å². The summed E-state index contributed by atoms with van der Waals surface area (Å²) in [5, 5.41) is 9.25. The summed E-state index contributed by atoms with van der Waals surface area (Å²) in [5.41, 5.74) is 5.17. The summed E-state index contributed by atoms with van der Waals surface area (Å²) in [6.45, 7) is 0. The highest BCUT2D eigenvalue weighted by atomic mass is 35.5. The molecule has 0 radical (unpaired) electrons. The molecule has 6 heteroatoms. The fourth-order valence-corrected chi connectivity index (χ4v) is 1.43. The number of nitrogens with two attached hydrogens (primary N) is 1. The Morgan fingerprint density at radius 3 is 2.27 bits per heavy atom. The van der Waals surface area contributed by atoms with E-state index in [0.717, 1.165) is 0 Å². The fourth-order valence-electron chi connectivity index (χ4n) is 1.12. The lowest BCUT2D eigenvalue weighted by Gasteiger charge is -2.09. The molecule has 0 aliphatic heterocycles. The molecule has 0 heterocycles. The number of amides is 1. The van der Waals surface area contributed by atoms with Gasteiger partial charge < -0.3 is 10.8 Å². The van der Waals surface area contributed by atoms with Gasteiger partial charge in [0.15, 0.2) is 5.92 Å². The average Bonchev–Trinajstić information content (AvgIpc) is 2.10. The second-order valence-corrected chi connectivity index (χ2v) is 3.66. The van der Waals surface area contributed by atoms with E-state index in [2.05, 4.69) is 0 Å². The largest absolute Gasteiger partial charge is 0.480 e. The van der Waals surface area contributed by atoms with Crippen LogP contribution < -0.4 is 5.73 Å². The molecule has 0 bridgehead atoms. The number of benzene rings is 1. The maximum atomic E-state index is 10.9. The summed E-state index contributed by atoms with van der Waals surface area (Å²) in [6, 6.07) is 4.13. The maximum absolute atomic E-state index is 10.9. The smallest absolute Gasteiger partial charge is 0.320 e. The van der Waals surface area contributed by atoms with Crippen molar-refractivity contribution in [2.75, 3.05) is 0 Å².